The fourth-order valence-electron chi connectivity index (χ4n) is 1.68. The molecule has 2 rings (SSSR count). The normalized spacial score (nSPS) is 10.2. The molecule has 1 aromatic heterocycles. The van der Waals surface area contributed by atoms with Gasteiger partial charge in [0, 0.05) is 5.69 Å². The first-order valence-corrected chi connectivity index (χ1v) is 5.79. The maximum absolute atomic E-state index is 13.5. The van der Waals surface area contributed by atoms with Crippen molar-refractivity contribution in [1.82, 2.24) is 4.98 Å². The van der Waals surface area contributed by atoms with Gasteiger partial charge in [0.2, 0.25) is 0 Å². The monoisotopic (exact) mass is 291 g/mol. The molecule has 2 aromatic rings. The zero-order valence-electron chi connectivity index (χ0n) is 10.8. The predicted molar refractivity (Wildman–Crippen MR) is 72.3 cm³/mol. The van der Waals surface area contributed by atoms with Crippen molar-refractivity contribution < 1.29 is 19.2 Å². The molecule has 21 heavy (non-hydrogen) atoms. The number of carboxylic acids is 1. The van der Waals surface area contributed by atoms with Crippen LogP contribution in [0.2, 0.25) is 0 Å². The van der Waals surface area contributed by atoms with Gasteiger partial charge in [0.25, 0.3) is 5.69 Å². The van der Waals surface area contributed by atoms with Gasteiger partial charge in [-0.3, -0.25) is 15.1 Å². The molecular formula is C13H10FN3O4. The minimum absolute atomic E-state index is 0.121. The lowest BCUT2D eigenvalue weighted by atomic mass is 10.1. The predicted octanol–water partition coefficient (Wildman–Crippen LogP) is 2.88. The second-order valence-corrected chi connectivity index (χ2v) is 4.22. The van der Waals surface area contributed by atoms with E-state index in [1.807, 2.05) is 0 Å². The van der Waals surface area contributed by atoms with Gasteiger partial charge in [0.1, 0.15) is 11.5 Å². The maximum atomic E-state index is 13.5. The van der Waals surface area contributed by atoms with Crippen LogP contribution in [0, 0.1) is 22.9 Å². The van der Waals surface area contributed by atoms with Gasteiger partial charge in [0.05, 0.1) is 28.4 Å². The van der Waals surface area contributed by atoms with Crippen LogP contribution in [0.4, 0.5) is 21.5 Å². The summed E-state index contributed by atoms with van der Waals surface area (Å²) in [4.78, 5) is 25.0. The number of carboxylic acid groups (broad SMARTS) is 1. The van der Waals surface area contributed by atoms with Gasteiger partial charge < -0.3 is 10.4 Å². The molecule has 0 bridgehead atoms. The first-order valence-electron chi connectivity index (χ1n) is 5.79. The zero-order chi connectivity index (χ0) is 15.6. The highest BCUT2D eigenvalue weighted by molar-refractivity contribution is 5.91. The van der Waals surface area contributed by atoms with Gasteiger partial charge in [-0.25, -0.2) is 9.18 Å². The number of aryl methyl sites for hydroxylation is 1. The number of halogens is 1. The highest BCUT2D eigenvalue weighted by Crippen LogP contribution is 2.30. The average Bonchev–Trinajstić information content (AvgIpc) is 2.42. The number of rotatable bonds is 4. The Bertz CT molecular complexity index is 716. The number of benzene rings is 1. The number of hydrogen-bond acceptors (Lipinski definition) is 5. The molecule has 0 aliphatic carbocycles. The van der Waals surface area contributed by atoms with E-state index in [-0.39, 0.29) is 5.69 Å². The summed E-state index contributed by atoms with van der Waals surface area (Å²) in [5.74, 6) is -2.67. The standard InChI is InChI=1S/C13H10FN3O4/c1-7-2-3-8(6-15-7)16-11-4-9(13(18)19)10(14)5-12(11)17(20)21/h2-6,16H,1H3,(H,18,19). The van der Waals surface area contributed by atoms with Crippen LogP contribution in [0.1, 0.15) is 16.1 Å². The van der Waals surface area contributed by atoms with E-state index in [9.17, 15) is 19.3 Å². The highest BCUT2D eigenvalue weighted by Gasteiger charge is 2.21. The SMILES string of the molecule is Cc1ccc(Nc2cc(C(=O)O)c(F)cc2[N+](=O)[O-])cn1. The van der Waals surface area contributed by atoms with Crippen LogP contribution in [0.3, 0.4) is 0 Å². The lowest BCUT2D eigenvalue weighted by Crippen LogP contribution is -2.05. The van der Waals surface area contributed by atoms with Crippen molar-refractivity contribution in [3.63, 3.8) is 0 Å². The van der Waals surface area contributed by atoms with E-state index in [1.54, 1.807) is 19.1 Å². The van der Waals surface area contributed by atoms with E-state index < -0.39 is 28.0 Å². The second kappa shape index (κ2) is 5.53. The number of anilines is 2. The molecule has 0 saturated carbocycles. The lowest BCUT2D eigenvalue weighted by molar-refractivity contribution is -0.384. The molecule has 0 radical (unpaired) electrons. The molecule has 108 valence electrons. The van der Waals surface area contributed by atoms with E-state index in [0.29, 0.717) is 11.8 Å². The molecule has 0 aliphatic rings. The number of nitro groups is 1. The number of pyridine rings is 1. The Kier molecular flexibility index (Phi) is 3.79. The molecule has 0 unspecified atom stereocenters. The van der Waals surface area contributed by atoms with Crippen molar-refractivity contribution in [2.24, 2.45) is 0 Å². The Morgan fingerprint density at radius 2 is 2.14 bits per heavy atom. The van der Waals surface area contributed by atoms with Crippen molar-refractivity contribution in [3.05, 3.63) is 57.7 Å². The molecule has 0 saturated heterocycles. The minimum atomic E-state index is -1.51. The van der Waals surface area contributed by atoms with Crippen molar-refractivity contribution >= 4 is 23.0 Å². The van der Waals surface area contributed by atoms with Crippen LogP contribution in [-0.4, -0.2) is 21.0 Å². The summed E-state index contributed by atoms with van der Waals surface area (Å²) in [6, 6.07) is 4.76. The van der Waals surface area contributed by atoms with Crippen molar-refractivity contribution in [2.45, 2.75) is 6.92 Å². The van der Waals surface area contributed by atoms with Crippen molar-refractivity contribution in [2.75, 3.05) is 5.32 Å². The minimum Gasteiger partial charge on any atom is -0.478 e. The van der Waals surface area contributed by atoms with Crippen molar-refractivity contribution in [3.8, 4) is 0 Å². The topological polar surface area (TPSA) is 105 Å². The summed E-state index contributed by atoms with van der Waals surface area (Å²) in [5, 5.41) is 22.5. The third kappa shape index (κ3) is 3.11. The summed E-state index contributed by atoms with van der Waals surface area (Å²) < 4.78 is 13.5. The van der Waals surface area contributed by atoms with Crippen molar-refractivity contribution in [1.29, 1.82) is 0 Å². The Balaban J connectivity index is 2.49. The Hall–Kier alpha value is -3.03. The number of hydrogen-bond donors (Lipinski definition) is 2. The molecule has 0 spiro atoms. The number of nitrogens with one attached hydrogen (secondary N) is 1. The van der Waals surface area contributed by atoms with Crippen LogP contribution in [-0.2, 0) is 0 Å². The number of carbonyl (C=O) groups is 1. The molecular weight excluding hydrogens is 281 g/mol. The van der Waals surface area contributed by atoms with Crippen LogP contribution in [0.25, 0.3) is 0 Å². The fraction of sp³-hybridized carbons (Fsp3) is 0.0769. The number of nitro benzene ring substituents is 1. The first kappa shape index (κ1) is 14.4. The van der Waals surface area contributed by atoms with Crippen LogP contribution < -0.4 is 5.32 Å². The Morgan fingerprint density at radius 1 is 1.43 bits per heavy atom. The van der Waals surface area contributed by atoms with E-state index >= 15 is 0 Å². The Morgan fingerprint density at radius 3 is 2.67 bits per heavy atom. The average molecular weight is 291 g/mol. The quantitative estimate of drug-likeness (QED) is 0.662. The number of aromatic nitrogens is 1. The summed E-state index contributed by atoms with van der Waals surface area (Å²) in [6.45, 7) is 1.77. The molecule has 0 aliphatic heterocycles. The third-order valence-corrected chi connectivity index (χ3v) is 2.70. The molecule has 0 atom stereocenters. The Labute approximate surface area is 118 Å². The molecule has 2 N–H and O–H groups in total. The zero-order valence-corrected chi connectivity index (χ0v) is 10.8. The molecule has 0 fully saturated rings. The summed E-state index contributed by atoms with van der Waals surface area (Å²) in [5.41, 5.74) is -0.155. The largest absolute Gasteiger partial charge is 0.478 e. The van der Waals surface area contributed by atoms with Gasteiger partial charge in [-0.15, -0.1) is 0 Å². The van der Waals surface area contributed by atoms with Gasteiger partial charge >= 0.3 is 5.97 Å². The van der Waals surface area contributed by atoms with Crippen LogP contribution >= 0.6 is 0 Å². The molecule has 1 heterocycles. The highest BCUT2D eigenvalue weighted by atomic mass is 19.1. The molecule has 8 heteroatoms. The van der Waals surface area contributed by atoms with E-state index in [2.05, 4.69) is 10.3 Å². The smallest absolute Gasteiger partial charge is 0.338 e. The molecule has 1 aromatic carbocycles. The lowest BCUT2D eigenvalue weighted by Gasteiger charge is -2.08. The summed E-state index contributed by atoms with van der Waals surface area (Å²) in [6.07, 6.45) is 1.43. The number of nitrogens with zero attached hydrogens (tertiary/aromatic N) is 2. The second-order valence-electron chi connectivity index (χ2n) is 4.22. The summed E-state index contributed by atoms with van der Waals surface area (Å²) >= 11 is 0. The fourth-order valence-corrected chi connectivity index (χ4v) is 1.68. The first-order chi connectivity index (χ1) is 9.88. The van der Waals surface area contributed by atoms with E-state index in [1.165, 1.54) is 6.20 Å². The van der Waals surface area contributed by atoms with Crippen LogP contribution in [0.15, 0.2) is 30.5 Å². The van der Waals surface area contributed by atoms with Gasteiger partial charge in [-0.05, 0) is 25.1 Å². The van der Waals surface area contributed by atoms with Crippen LogP contribution in [0.5, 0.6) is 0 Å². The van der Waals surface area contributed by atoms with E-state index in [0.717, 1.165) is 11.8 Å². The summed E-state index contributed by atoms with van der Waals surface area (Å²) in [7, 11) is 0. The molecule has 7 nitrogen and oxygen atoms in total. The maximum Gasteiger partial charge on any atom is 0.338 e. The number of aromatic carboxylic acids is 1. The third-order valence-electron chi connectivity index (χ3n) is 2.70. The van der Waals surface area contributed by atoms with Gasteiger partial charge in [-0.2, -0.15) is 0 Å². The van der Waals surface area contributed by atoms with Gasteiger partial charge in [0.15, 0.2) is 0 Å². The van der Waals surface area contributed by atoms with Gasteiger partial charge in [-0.1, -0.05) is 0 Å². The van der Waals surface area contributed by atoms with E-state index in [4.69, 9.17) is 5.11 Å². The molecule has 0 amide bonds.